The second kappa shape index (κ2) is 6.89. The van der Waals surface area contributed by atoms with Crippen LogP contribution in [0.2, 0.25) is 0 Å². The van der Waals surface area contributed by atoms with Crippen molar-refractivity contribution >= 4 is 49.2 Å². The Bertz CT molecular complexity index is 1040. The van der Waals surface area contributed by atoms with E-state index in [1.54, 1.807) is 31.2 Å². The number of aromatic nitrogens is 2. The van der Waals surface area contributed by atoms with E-state index in [9.17, 15) is 14.4 Å². The minimum absolute atomic E-state index is 0.119. The molecule has 0 saturated heterocycles. The van der Waals surface area contributed by atoms with Crippen LogP contribution in [0.25, 0.3) is 10.2 Å². The highest BCUT2D eigenvalue weighted by atomic mass is 79.9. The summed E-state index contributed by atoms with van der Waals surface area (Å²) < 4.78 is 6.85. The number of methoxy groups -OCH3 is 1. The summed E-state index contributed by atoms with van der Waals surface area (Å²) in [5.74, 6) is -0.700. The average Bonchev–Trinajstić information content (AvgIpc) is 2.94. The van der Waals surface area contributed by atoms with Gasteiger partial charge in [0.05, 0.1) is 25.4 Å². The number of rotatable bonds is 4. The zero-order chi connectivity index (χ0) is 18.1. The lowest BCUT2D eigenvalue weighted by Gasteiger charge is -2.05. The number of nitrogens with zero attached hydrogens (tertiary/aromatic N) is 2. The van der Waals surface area contributed by atoms with Crippen LogP contribution in [0.5, 0.6) is 0 Å². The molecular formula is C17H13BrN2O4S. The molecule has 0 saturated carbocycles. The number of carbonyl (C=O) groups is 2. The van der Waals surface area contributed by atoms with E-state index in [-0.39, 0.29) is 17.9 Å². The topological polar surface area (TPSA) is 78.3 Å². The van der Waals surface area contributed by atoms with E-state index in [4.69, 9.17) is 4.74 Å². The Hall–Kier alpha value is -2.32. The minimum atomic E-state index is -0.502. The monoisotopic (exact) mass is 420 g/mol. The smallest absolute Gasteiger partial charge is 0.348 e. The van der Waals surface area contributed by atoms with Gasteiger partial charge in [-0.25, -0.2) is 9.78 Å². The molecule has 0 amide bonds. The number of hydrogen-bond donors (Lipinski definition) is 0. The lowest BCUT2D eigenvalue weighted by atomic mass is 10.1. The third-order valence-electron chi connectivity index (χ3n) is 3.77. The van der Waals surface area contributed by atoms with Gasteiger partial charge in [-0.05, 0) is 24.6 Å². The zero-order valence-electron chi connectivity index (χ0n) is 13.4. The molecule has 2 aromatic heterocycles. The number of carbonyl (C=O) groups excluding carboxylic acids is 2. The Labute approximate surface area is 155 Å². The maximum absolute atomic E-state index is 12.7. The molecule has 0 bridgehead atoms. The molecule has 128 valence electrons. The zero-order valence-corrected chi connectivity index (χ0v) is 15.8. The van der Waals surface area contributed by atoms with Crippen LogP contribution in [-0.2, 0) is 11.3 Å². The number of aryl methyl sites for hydroxylation is 1. The fraction of sp³-hybridized carbons (Fsp3) is 0.176. The maximum atomic E-state index is 12.7. The van der Waals surface area contributed by atoms with Gasteiger partial charge in [-0.1, -0.05) is 28.1 Å². The number of esters is 1. The van der Waals surface area contributed by atoms with Gasteiger partial charge in [0.2, 0.25) is 0 Å². The van der Waals surface area contributed by atoms with Gasteiger partial charge in [0.25, 0.3) is 5.56 Å². The standard InChI is InChI=1S/C17H13BrN2O4S/c1-9-13-15(25-14(9)17(23)24-2)19-8-20(16(13)22)7-12(21)10-3-5-11(18)6-4-10/h3-6,8H,7H2,1-2H3. The predicted octanol–water partition coefficient (Wildman–Crippen LogP) is 3.20. The van der Waals surface area contributed by atoms with Crippen LogP contribution in [0.1, 0.15) is 25.6 Å². The van der Waals surface area contributed by atoms with Crippen LogP contribution in [0.3, 0.4) is 0 Å². The Balaban J connectivity index is 2.00. The maximum Gasteiger partial charge on any atom is 0.348 e. The van der Waals surface area contributed by atoms with E-state index in [1.165, 1.54) is 18.0 Å². The van der Waals surface area contributed by atoms with Gasteiger partial charge in [-0.2, -0.15) is 0 Å². The van der Waals surface area contributed by atoms with Gasteiger partial charge in [-0.3, -0.25) is 14.2 Å². The Kier molecular flexibility index (Phi) is 4.82. The van der Waals surface area contributed by atoms with E-state index in [0.29, 0.717) is 26.2 Å². The summed E-state index contributed by atoms with van der Waals surface area (Å²) in [6.07, 6.45) is 1.33. The van der Waals surface area contributed by atoms with Crippen molar-refractivity contribution in [3.05, 3.63) is 61.4 Å². The van der Waals surface area contributed by atoms with Crippen molar-refractivity contribution in [3.63, 3.8) is 0 Å². The summed E-state index contributed by atoms with van der Waals surface area (Å²) in [6.45, 7) is 1.56. The Morgan fingerprint density at radius 3 is 2.60 bits per heavy atom. The number of hydrogen-bond acceptors (Lipinski definition) is 6. The van der Waals surface area contributed by atoms with E-state index >= 15 is 0 Å². The van der Waals surface area contributed by atoms with Crippen molar-refractivity contribution < 1.29 is 14.3 Å². The highest BCUT2D eigenvalue weighted by molar-refractivity contribution is 9.10. The minimum Gasteiger partial charge on any atom is -0.465 e. The highest BCUT2D eigenvalue weighted by Crippen LogP contribution is 2.27. The first-order chi connectivity index (χ1) is 11.9. The number of ether oxygens (including phenoxy) is 1. The summed E-state index contributed by atoms with van der Waals surface area (Å²) in [4.78, 5) is 41.9. The Morgan fingerprint density at radius 2 is 1.96 bits per heavy atom. The van der Waals surface area contributed by atoms with Gasteiger partial charge in [0, 0.05) is 10.0 Å². The molecule has 0 N–H and O–H groups in total. The quantitative estimate of drug-likeness (QED) is 0.478. The van der Waals surface area contributed by atoms with Crippen molar-refractivity contribution in [2.45, 2.75) is 13.5 Å². The summed E-state index contributed by atoms with van der Waals surface area (Å²) in [5.41, 5.74) is 0.682. The molecule has 0 spiro atoms. The number of benzene rings is 1. The molecule has 3 rings (SSSR count). The number of halogens is 1. The fourth-order valence-electron chi connectivity index (χ4n) is 2.44. The van der Waals surface area contributed by atoms with Crippen LogP contribution >= 0.6 is 27.3 Å². The summed E-state index contributed by atoms with van der Waals surface area (Å²) >= 11 is 4.42. The van der Waals surface area contributed by atoms with E-state index < -0.39 is 5.97 Å². The molecule has 6 nitrogen and oxygen atoms in total. The van der Waals surface area contributed by atoms with Crippen molar-refractivity contribution in [1.29, 1.82) is 0 Å². The highest BCUT2D eigenvalue weighted by Gasteiger charge is 2.20. The van der Waals surface area contributed by atoms with E-state index in [0.717, 1.165) is 15.8 Å². The van der Waals surface area contributed by atoms with Crippen molar-refractivity contribution in [2.24, 2.45) is 0 Å². The molecule has 0 aliphatic rings. The normalized spacial score (nSPS) is 10.8. The summed E-state index contributed by atoms with van der Waals surface area (Å²) in [5, 5.41) is 0.344. The van der Waals surface area contributed by atoms with Crippen molar-refractivity contribution in [2.75, 3.05) is 7.11 Å². The first-order valence-corrected chi connectivity index (χ1v) is 8.89. The number of Topliss-reactive ketones (excluding diaryl/α,β-unsaturated/α-hetero) is 1. The fourth-order valence-corrected chi connectivity index (χ4v) is 3.76. The van der Waals surface area contributed by atoms with Gasteiger partial charge in [-0.15, -0.1) is 11.3 Å². The number of fused-ring (bicyclic) bond motifs is 1. The predicted molar refractivity (Wildman–Crippen MR) is 98.4 cm³/mol. The molecule has 25 heavy (non-hydrogen) atoms. The van der Waals surface area contributed by atoms with E-state index in [1.807, 2.05) is 0 Å². The first kappa shape index (κ1) is 17.5. The third-order valence-corrected chi connectivity index (χ3v) is 5.48. The van der Waals surface area contributed by atoms with Crippen LogP contribution in [0.15, 0.2) is 39.9 Å². The second-order valence-electron chi connectivity index (χ2n) is 5.34. The van der Waals surface area contributed by atoms with Crippen LogP contribution in [0, 0.1) is 6.92 Å². The number of thiophene rings is 1. The van der Waals surface area contributed by atoms with Crippen molar-refractivity contribution in [1.82, 2.24) is 9.55 Å². The molecule has 0 atom stereocenters. The Morgan fingerprint density at radius 1 is 1.28 bits per heavy atom. The molecule has 1 aromatic carbocycles. The van der Waals surface area contributed by atoms with Gasteiger partial charge < -0.3 is 4.74 Å². The SMILES string of the molecule is COC(=O)c1sc2ncn(CC(=O)c3ccc(Br)cc3)c(=O)c2c1C. The van der Waals surface area contributed by atoms with Gasteiger partial charge in [0.15, 0.2) is 5.78 Å². The molecule has 0 fully saturated rings. The van der Waals surface area contributed by atoms with Crippen LogP contribution in [-0.4, -0.2) is 28.4 Å². The average molecular weight is 421 g/mol. The molecule has 8 heteroatoms. The molecule has 0 unspecified atom stereocenters. The molecule has 2 heterocycles. The molecular weight excluding hydrogens is 408 g/mol. The van der Waals surface area contributed by atoms with Crippen LogP contribution < -0.4 is 5.56 Å². The summed E-state index contributed by atoms with van der Waals surface area (Å²) in [6, 6.07) is 6.91. The second-order valence-corrected chi connectivity index (χ2v) is 7.25. The van der Waals surface area contributed by atoms with Crippen LogP contribution in [0.4, 0.5) is 0 Å². The molecule has 0 aliphatic heterocycles. The van der Waals surface area contributed by atoms with E-state index in [2.05, 4.69) is 20.9 Å². The third kappa shape index (κ3) is 3.27. The largest absolute Gasteiger partial charge is 0.465 e. The van der Waals surface area contributed by atoms with Crippen molar-refractivity contribution in [3.8, 4) is 0 Å². The lowest BCUT2D eigenvalue weighted by Crippen LogP contribution is -2.24. The van der Waals surface area contributed by atoms with Gasteiger partial charge in [0.1, 0.15) is 9.71 Å². The molecule has 0 radical (unpaired) electrons. The lowest BCUT2D eigenvalue weighted by molar-refractivity contribution is 0.0605. The molecule has 3 aromatic rings. The summed E-state index contributed by atoms with van der Waals surface area (Å²) in [7, 11) is 1.29. The first-order valence-electron chi connectivity index (χ1n) is 7.28. The number of ketones is 1. The van der Waals surface area contributed by atoms with Gasteiger partial charge >= 0.3 is 5.97 Å². The molecule has 0 aliphatic carbocycles.